The van der Waals surface area contributed by atoms with Crippen LogP contribution in [0.4, 0.5) is 0 Å². The SMILES string of the molecule is O=C1c2ccc3ccccc3c2OCCC1C[n+]1cc[nH]c1. The minimum absolute atomic E-state index is 0.0526. The van der Waals surface area contributed by atoms with Crippen molar-refractivity contribution in [2.45, 2.75) is 13.0 Å². The van der Waals surface area contributed by atoms with Crippen molar-refractivity contribution in [3.63, 3.8) is 0 Å². The van der Waals surface area contributed by atoms with Crippen LogP contribution in [0.25, 0.3) is 10.8 Å². The van der Waals surface area contributed by atoms with Crippen molar-refractivity contribution in [1.82, 2.24) is 4.98 Å². The van der Waals surface area contributed by atoms with Gasteiger partial charge < -0.3 is 4.74 Å². The number of hydrogen-bond acceptors (Lipinski definition) is 2. The molecule has 22 heavy (non-hydrogen) atoms. The molecule has 3 aromatic rings. The lowest BCUT2D eigenvalue weighted by Gasteiger charge is -2.11. The molecule has 4 rings (SSSR count). The van der Waals surface area contributed by atoms with Crippen molar-refractivity contribution < 1.29 is 14.1 Å². The number of Topliss-reactive ketones (excluding diaryl/α,β-unsaturated/α-hetero) is 1. The van der Waals surface area contributed by atoms with Crippen LogP contribution >= 0.6 is 0 Å². The van der Waals surface area contributed by atoms with E-state index in [2.05, 4.69) is 4.98 Å². The summed E-state index contributed by atoms with van der Waals surface area (Å²) in [6.07, 6.45) is 6.42. The molecule has 4 heteroatoms. The number of aromatic amines is 1. The molecule has 1 N–H and O–H groups in total. The highest BCUT2D eigenvalue weighted by molar-refractivity contribution is 6.06. The van der Waals surface area contributed by atoms with Crippen LogP contribution in [0, 0.1) is 5.92 Å². The fourth-order valence-corrected chi connectivity index (χ4v) is 3.11. The van der Waals surface area contributed by atoms with Gasteiger partial charge in [0.1, 0.15) is 24.7 Å². The van der Waals surface area contributed by atoms with E-state index in [1.54, 1.807) is 0 Å². The molecule has 2 aromatic carbocycles. The Balaban J connectivity index is 1.75. The summed E-state index contributed by atoms with van der Waals surface area (Å²) in [6.45, 7) is 1.25. The van der Waals surface area contributed by atoms with Crippen molar-refractivity contribution in [1.29, 1.82) is 0 Å². The minimum atomic E-state index is -0.0526. The molecule has 0 aliphatic carbocycles. The monoisotopic (exact) mass is 293 g/mol. The van der Waals surface area contributed by atoms with E-state index in [1.165, 1.54) is 0 Å². The van der Waals surface area contributed by atoms with E-state index in [0.29, 0.717) is 18.7 Å². The number of H-pyrrole nitrogens is 1. The van der Waals surface area contributed by atoms with E-state index in [9.17, 15) is 4.79 Å². The molecule has 1 unspecified atom stereocenters. The first-order valence-electron chi connectivity index (χ1n) is 7.53. The van der Waals surface area contributed by atoms with Gasteiger partial charge >= 0.3 is 0 Å². The highest BCUT2D eigenvalue weighted by atomic mass is 16.5. The molecule has 0 fully saturated rings. The van der Waals surface area contributed by atoms with E-state index in [4.69, 9.17) is 4.74 Å². The summed E-state index contributed by atoms with van der Waals surface area (Å²) in [5.41, 5.74) is 0.706. The largest absolute Gasteiger partial charge is 0.492 e. The van der Waals surface area contributed by atoms with Crippen molar-refractivity contribution >= 4 is 16.6 Å². The molecular weight excluding hydrogens is 276 g/mol. The first kappa shape index (κ1) is 13.1. The summed E-state index contributed by atoms with van der Waals surface area (Å²) in [5.74, 6) is 0.861. The average molecular weight is 293 g/mol. The van der Waals surface area contributed by atoms with Crippen LogP contribution in [0.2, 0.25) is 0 Å². The van der Waals surface area contributed by atoms with Crippen LogP contribution in [0.5, 0.6) is 5.75 Å². The highest BCUT2D eigenvalue weighted by Crippen LogP contribution is 2.34. The molecule has 110 valence electrons. The van der Waals surface area contributed by atoms with Gasteiger partial charge in [-0.3, -0.25) is 9.78 Å². The van der Waals surface area contributed by atoms with Gasteiger partial charge in [0.25, 0.3) is 0 Å². The third kappa shape index (κ3) is 2.17. The van der Waals surface area contributed by atoms with Crippen LogP contribution in [-0.2, 0) is 6.54 Å². The number of rotatable bonds is 2. The second-order valence-corrected chi connectivity index (χ2v) is 5.67. The Hall–Kier alpha value is -2.62. The maximum absolute atomic E-state index is 12.9. The summed E-state index contributed by atoms with van der Waals surface area (Å²) >= 11 is 0. The zero-order chi connectivity index (χ0) is 14.9. The van der Waals surface area contributed by atoms with Crippen molar-refractivity contribution in [3.05, 3.63) is 60.7 Å². The molecular formula is C18H17N2O2+. The van der Waals surface area contributed by atoms with Gasteiger partial charge in [-0.25, -0.2) is 4.57 Å². The molecule has 0 saturated carbocycles. The molecule has 0 spiro atoms. The van der Waals surface area contributed by atoms with Gasteiger partial charge in [-0.05, 0) is 17.9 Å². The van der Waals surface area contributed by atoms with Gasteiger partial charge in [-0.1, -0.05) is 30.3 Å². The maximum Gasteiger partial charge on any atom is 0.241 e. The number of imidazole rings is 1. The number of ketones is 1. The fourth-order valence-electron chi connectivity index (χ4n) is 3.11. The minimum Gasteiger partial charge on any atom is -0.492 e. The number of nitrogens with one attached hydrogen (secondary N) is 1. The number of carbonyl (C=O) groups is 1. The molecule has 4 nitrogen and oxygen atoms in total. The summed E-state index contributed by atoms with van der Waals surface area (Å²) in [4.78, 5) is 15.9. The lowest BCUT2D eigenvalue weighted by atomic mass is 9.93. The predicted octanol–water partition coefficient (Wildman–Crippen LogP) is 2.74. The molecule has 1 atom stereocenters. The second-order valence-electron chi connectivity index (χ2n) is 5.67. The average Bonchev–Trinajstić information content (AvgIpc) is 3.00. The summed E-state index contributed by atoms with van der Waals surface area (Å²) in [5, 5.41) is 2.12. The third-order valence-corrected chi connectivity index (χ3v) is 4.26. The zero-order valence-corrected chi connectivity index (χ0v) is 12.2. The van der Waals surface area contributed by atoms with E-state index in [1.807, 2.05) is 59.7 Å². The van der Waals surface area contributed by atoms with Crippen LogP contribution in [0.15, 0.2) is 55.1 Å². The van der Waals surface area contributed by atoms with Crippen LogP contribution in [0.3, 0.4) is 0 Å². The second kappa shape index (κ2) is 5.30. The number of hydrogen-bond donors (Lipinski definition) is 1. The quantitative estimate of drug-likeness (QED) is 0.738. The van der Waals surface area contributed by atoms with Gasteiger partial charge in [-0.15, -0.1) is 0 Å². The Kier molecular flexibility index (Phi) is 3.15. The van der Waals surface area contributed by atoms with E-state index in [-0.39, 0.29) is 11.7 Å². The molecule has 0 bridgehead atoms. The van der Waals surface area contributed by atoms with E-state index >= 15 is 0 Å². The standard InChI is InChI=1S/C18H16N2O2/c21-17-14(11-20-9-8-19-12-20)7-10-22-18-15-4-2-1-3-13(15)5-6-16(17)18/h1-6,8-9,12,14H,7,10-11H2/p+1. The summed E-state index contributed by atoms with van der Waals surface area (Å²) in [7, 11) is 0. The lowest BCUT2D eigenvalue weighted by Crippen LogP contribution is -2.38. The van der Waals surface area contributed by atoms with Crippen molar-refractivity contribution in [2.75, 3.05) is 6.61 Å². The molecule has 1 aromatic heterocycles. The molecule has 0 amide bonds. The fraction of sp³-hybridized carbons (Fsp3) is 0.222. The summed E-state index contributed by atoms with van der Waals surface area (Å²) in [6, 6.07) is 11.9. The molecule has 1 aliphatic heterocycles. The number of ether oxygens (including phenoxy) is 1. The van der Waals surface area contributed by atoms with Crippen molar-refractivity contribution in [2.24, 2.45) is 5.92 Å². The number of nitrogens with zero attached hydrogens (tertiary/aromatic N) is 1. The Bertz CT molecular complexity index is 824. The Morgan fingerprint density at radius 3 is 3.00 bits per heavy atom. The summed E-state index contributed by atoms with van der Waals surface area (Å²) < 4.78 is 7.95. The van der Waals surface area contributed by atoms with Crippen LogP contribution in [0.1, 0.15) is 16.8 Å². The van der Waals surface area contributed by atoms with Gasteiger partial charge in [0, 0.05) is 5.39 Å². The van der Waals surface area contributed by atoms with E-state index in [0.717, 1.165) is 22.9 Å². The van der Waals surface area contributed by atoms with E-state index < -0.39 is 0 Å². The van der Waals surface area contributed by atoms with Gasteiger partial charge in [-0.2, -0.15) is 0 Å². The number of benzene rings is 2. The van der Waals surface area contributed by atoms with Crippen LogP contribution in [-0.4, -0.2) is 17.4 Å². The molecule has 0 radical (unpaired) electrons. The van der Waals surface area contributed by atoms with Gasteiger partial charge in [0.05, 0.1) is 18.1 Å². The Labute approximate surface area is 128 Å². The lowest BCUT2D eigenvalue weighted by molar-refractivity contribution is -0.699. The number of aromatic nitrogens is 2. The Morgan fingerprint density at radius 1 is 1.23 bits per heavy atom. The van der Waals surface area contributed by atoms with Gasteiger partial charge in [0.2, 0.25) is 6.33 Å². The maximum atomic E-state index is 12.9. The first-order chi connectivity index (χ1) is 10.8. The third-order valence-electron chi connectivity index (χ3n) is 4.26. The number of carbonyl (C=O) groups excluding carboxylic acids is 1. The van der Waals surface area contributed by atoms with Crippen molar-refractivity contribution in [3.8, 4) is 5.75 Å². The Morgan fingerprint density at radius 2 is 2.14 bits per heavy atom. The predicted molar refractivity (Wildman–Crippen MR) is 82.9 cm³/mol. The molecule has 2 heterocycles. The van der Waals surface area contributed by atoms with Crippen LogP contribution < -0.4 is 9.30 Å². The normalized spacial score (nSPS) is 17.8. The topological polar surface area (TPSA) is 46.0 Å². The highest BCUT2D eigenvalue weighted by Gasteiger charge is 2.29. The zero-order valence-electron chi connectivity index (χ0n) is 12.2. The smallest absolute Gasteiger partial charge is 0.241 e. The molecule has 1 aliphatic rings. The molecule has 0 saturated heterocycles. The number of fused-ring (bicyclic) bond motifs is 3. The first-order valence-corrected chi connectivity index (χ1v) is 7.53. The van der Waals surface area contributed by atoms with Gasteiger partial charge in [0.15, 0.2) is 5.78 Å².